The Morgan fingerprint density at radius 2 is 1.96 bits per heavy atom. The summed E-state index contributed by atoms with van der Waals surface area (Å²) in [6, 6.07) is 11.1. The molecule has 0 saturated carbocycles. The Morgan fingerprint density at radius 1 is 1.21 bits per heavy atom. The number of nitrogens with zero attached hydrogens (tertiary/aromatic N) is 2. The molecule has 1 aliphatic heterocycles. The summed E-state index contributed by atoms with van der Waals surface area (Å²) in [5.41, 5.74) is 0. The predicted molar refractivity (Wildman–Crippen MR) is 92.1 cm³/mol. The van der Waals surface area contributed by atoms with Crippen molar-refractivity contribution in [2.45, 2.75) is 19.6 Å². The lowest BCUT2D eigenvalue weighted by molar-refractivity contribution is -0.139. The summed E-state index contributed by atoms with van der Waals surface area (Å²) in [7, 11) is 0. The number of carbonyl (C=O) groups is 1. The number of hydrogen-bond donors (Lipinski definition) is 0. The second-order valence-electron chi connectivity index (χ2n) is 5.87. The molecule has 0 spiro atoms. The number of furan rings is 1. The van der Waals surface area contributed by atoms with Crippen molar-refractivity contribution in [2.24, 2.45) is 0 Å². The minimum absolute atomic E-state index is 0.00688. The lowest BCUT2D eigenvalue weighted by Crippen LogP contribution is -2.51. The molecule has 1 aromatic carbocycles. The highest BCUT2D eigenvalue weighted by Crippen LogP contribution is 2.24. The van der Waals surface area contributed by atoms with Crippen LogP contribution in [0.4, 0.5) is 0 Å². The molecule has 0 aliphatic carbocycles. The first-order valence-corrected chi connectivity index (χ1v) is 8.46. The van der Waals surface area contributed by atoms with Crippen molar-refractivity contribution in [3.8, 4) is 5.75 Å². The van der Waals surface area contributed by atoms with Gasteiger partial charge in [-0.2, -0.15) is 0 Å². The number of rotatable bonds is 5. The smallest absolute Gasteiger partial charge is 0.263 e. The topological polar surface area (TPSA) is 45.9 Å². The van der Waals surface area contributed by atoms with Gasteiger partial charge in [0.25, 0.3) is 5.91 Å². The van der Waals surface area contributed by atoms with Crippen LogP contribution >= 0.6 is 11.6 Å². The molecule has 24 heavy (non-hydrogen) atoms. The highest BCUT2D eigenvalue weighted by molar-refractivity contribution is 6.32. The first-order valence-electron chi connectivity index (χ1n) is 8.08. The highest BCUT2D eigenvalue weighted by atomic mass is 35.5. The first kappa shape index (κ1) is 16.9. The average Bonchev–Trinajstić information content (AvgIpc) is 3.10. The number of para-hydroxylation sites is 1. The summed E-state index contributed by atoms with van der Waals surface area (Å²) in [5.74, 6) is 1.48. The van der Waals surface area contributed by atoms with Crippen molar-refractivity contribution in [2.75, 3.05) is 26.2 Å². The van der Waals surface area contributed by atoms with E-state index in [-0.39, 0.29) is 5.91 Å². The molecule has 0 N–H and O–H groups in total. The number of hydrogen-bond acceptors (Lipinski definition) is 4. The van der Waals surface area contributed by atoms with Gasteiger partial charge in [0.05, 0.1) is 17.8 Å². The third-order valence-corrected chi connectivity index (χ3v) is 4.44. The average molecular weight is 349 g/mol. The Kier molecular flexibility index (Phi) is 5.43. The number of benzene rings is 1. The van der Waals surface area contributed by atoms with Gasteiger partial charge in [0.2, 0.25) is 0 Å². The monoisotopic (exact) mass is 348 g/mol. The van der Waals surface area contributed by atoms with Crippen LogP contribution in [0.1, 0.15) is 12.7 Å². The number of halogens is 1. The van der Waals surface area contributed by atoms with Crippen LogP contribution in [0.25, 0.3) is 0 Å². The van der Waals surface area contributed by atoms with Crippen LogP contribution in [0, 0.1) is 0 Å². The molecule has 1 aromatic heterocycles. The van der Waals surface area contributed by atoms with E-state index in [9.17, 15) is 4.79 Å². The quantitative estimate of drug-likeness (QED) is 0.833. The molecule has 2 aromatic rings. The Morgan fingerprint density at radius 3 is 2.62 bits per heavy atom. The van der Waals surface area contributed by atoms with E-state index < -0.39 is 6.10 Å². The lowest BCUT2D eigenvalue weighted by Gasteiger charge is -2.35. The van der Waals surface area contributed by atoms with Gasteiger partial charge in [-0.05, 0) is 31.2 Å². The van der Waals surface area contributed by atoms with Gasteiger partial charge in [-0.15, -0.1) is 0 Å². The van der Waals surface area contributed by atoms with Crippen molar-refractivity contribution >= 4 is 17.5 Å². The van der Waals surface area contributed by atoms with Crippen LogP contribution in [0.15, 0.2) is 47.1 Å². The van der Waals surface area contributed by atoms with E-state index in [1.165, 1.54) is 0 Å². The summed E-state index contributed by atoms with van der Waals surface area (Å²) < 4.78 is 11.1. The van der Waals surface area contributed by atoms with E-state index in [0.29, 0.717) is 23.9 Å². The Bertz CT molecular complexity index is 667. The Balaban J connectivity index is 1.50. The van der Waals surface area contributed by atoms with E-state index >= 15 is 0 Å². The third-order valence-electron chi connectivity index (χ3n) is 4.13. The van der Waals surface area contributed by atoms with E-state index in [1.54, 1.807) is 25.3 Å². The van der Waals surface area contributed by atoms with Gasteiger partial charge >= 0.3 is 0 Å². The summed E-state index contributed by atoms with van der Waals surface area (Å²) >= 11 is 6.08. The summed E-state index contributed by atoms with van der Waals surface area (Å²) in [4.78, 5) is 16.7. The molecule has 3 rings (SSSR count). The van der Waals surface area contributed by atoms with Gasteiger partial charge in [-0.3, -0.25) is 9.69 Å². The van der Waals surface area contributed by atoms with E-state index in [0.717, 1.165) is 25.4 Å². The van der Waals surface area contributed by atoms with Gasteiger partial charge < -0.3 is 14.1 Å². The number of carbonyl (C=O) groups excluding carboxylic acids is 1. The molecule has 6 heteroatoms. The minimum Gasteiger partial charge on any atom is -0.479 e. The predicted octanol–water partition coefficient (Wildman–Crippen LogP) is 3.04. The fourth-order valence-electron chi connectivity index (χ4n) is 2.79. The highest BCUT2D eigenvalue weighted by Gasteiger charge is 2.26. The summed E-state index contributed by atoms with van der Waals surface area (Å²) in [5, 5.41) is 0.514. The molecule has 1 atom stereocenters. The van der Waals surface area contributed by atoms with Crippen molar-refractivity contribution in [1.82, 2.24) is 9.80 Å². The van der Waals surface area contributed by atoms with E-state index in [1.807, 2.05) is 29.2 Å². The molecule has 1 fully saturated rings. The van der Waals surface area contributed by atoms with Gasteiger partial charge in [-0.25, -0.2) is 0 Å². The van der Waals surface area contributed by atoms with Gasteiger partial charge in [0.1, 0.15) is 11.5 Å². The van der Waals surface area contributed by atoms with E-state index in [4.69, 9.17) is 20.8 Å². The maximum atomic E-state index is 12.6. The number of ether oxygens (including phenoxy) is 1. The molecule has 0 bridgehead atoms. The maximum absolute atomic E-state index is 12.6. The Labute approximate surface area is 146 Å². The van der Waals surface area contributed by atoms with Crippen LogP contribution in [0.3, 0.4) is 0 Å². The molecule has 5 nitrogen and oxygen atoms in total. The van der Waals surface area contributed by atoms with Crippen LogP contribution < -0.4 is 4.74 Å². The largest absolute Gasteiger partial charge is 0.479 e. The minimum atomic E-state index is -0.554. The number of amides is 1. The van der Waals surface area contributed by atoms with Crippen molar-refractivity contribution in [3.63, 3.8) is 0 Å². The fraction of sp³-hybridized carbons (Fsp3) is 0.389. The fourth-order valence-corrected chi connectivity index (χ4v) is 2.97. The number of piperazine rings is 1. The van der Waals surface area contributed by atoms with Crippen molar-refractivity contribution in [3.05, 3.63) is 53.4 Å². The van der Waals surface area contributed by atoms with Gasteiger partial charge in [0, 0.05) is 26.2 Å². The van der Waals surface area contributed by atoms with Crippen LogP contribution in [-0.2, 0) is 11.3 Å². The lowest BCUT2D eigenvalue weighted by atomic mass is 10.2. The van der Waals surface area contributed by atoms with Gasteiger partial charge in [0.15, 0.2) is 6.10 Å². The molecular weight excluding hydrogens is 328 g/mol. The second kappa shape index (κ2) is 7.73. The molecule has 0 unspecified atom stereocenters. The molecule has 1 aliphatic rings. The summed E-state index contributed by atoms with van der Waals surface area (Å²) in [6.45, 7) is 5.57. The molecule has 128 valence electrons. The summed E-state index contributed by atoms with van der Waals surface area (Å²) in [6.07, 6.45) is 1.13. The van der Waals surface area contributed by atoms with Gasteiger partial charge in [-0.1, -0.05) is 23.7 Å². The Hall–Kier alpha value is -1.98. The normalized spacial score (nSPS) is 16.8. The van der Waals surface area contributed by atoms with Crippen molar-refractivity contribution in [1.29, 1.82) is 0 Å². The van der Waals surface area contributed by atoms with E-state index in [2.05, 4.69) is 4.90 Å². The van der Waals surface area contributed by atoms with Crippen LogP contribution in [0.5, 0.6) is 5.75 Å². The zero-order valence-electron chi connectivity index (χ0n) is 13.7. The molecular formula is C18H21ClN2O3. The van der Waals surface area contributed by atoms with Crippen LogP contribution in [0.2, 0.25) is 5.02 Å². The third kappa shape index (κ3) is 4.10. The SMILES string of the molecule is C[C@@H](Oc1ccccc1Cl)C(=O)N1CCN(Cc2ccco2)CC1. The zero-order valence-corrected chi connectivity index (χ0v) is 14.4. The first-order chi connectivity index (χ1) is 11.6. The second-order valence-corrected chi connectivity index (χ2v) is 6.28. The molecule has 1 amide bonds. The van der Waals surface area contributed by atoms with Crippen molar-refractivity contribution < 1.29 is 13.9 Å². The molecule has 1 saturated heterocycles. The molecule has 2 heterocycles. The standard InChI is InChI=1S/C18H21ClN2O3/c1-14(24-17-7-3-2-6-16(17)19)18(22)21-10-8-20(9-11-21)13-15-5-4-12-23-15/h2-7,12,14H,8-11,13H2,1H3/t14-/m1/s1. The zero-order chi connectivity index (χ0) is 16.9. The molecule has 0 radical (unpaired) electrons. The maximum Gasteiger partial charge on any atom is 0.263 e. The van der Waals surface area contributed by atoms with Crippen LogP contribution in [-0.4, -0.2) is 48.0 Å².